The quantitative estimate of drug-likeness (QED) is 0.675. The summed E-state index contributed by atoms with van der Waals surface area (Å²) in [5, 5.41) is 0.449. The average molecular weight is 170 g/mol. The lowest BCUT2D eigenvalue weighted by Gasteiger charge is -1.92. The second kappa shape index (κ2) is 4.05. The van der Waals surface area contributed by atoms with Crippen molar-refractivity contribution in [3.05, 3.63) is 29.3 Å². The fraction of sp³-hybridized carbons (Fsp3) is 0.143. The molecule has 0 atom stereocenters. The number of hydrogen-bond acceptors (Lipinski definition) is 3. The van der Waals surface area contributed by atoms with Crippen LogP contribution in [0.25, 0.3) is 6.08 Å². The third-order valence-electron chi connectivity index (χ3n) is 1.12. The van der Waals surface area contributed by atoms with Gasteiger partial charge in [0.15, 0.2) is 0 Å². The van der Waals surface area contributed by atoms with E-state index in [-0.39, 0.29) is 0 Å². The number of halogens is 1. The van der Waals surface area contributed by atoms with E-state index in [9.17, 15) is 0 Å². The Bertz CT molecular complexity index is 260. The van der Waals surface area contributed by atoms with Gasteiger partial charge in [-0.25, -0.2) is 9.97 Å². The maximum absolute atomic E-state index is 5.72. The van der Waals surface area contributed by atoms with Crippen LogP contribution in [0.2, 0.25) is 5.15 Å². The minimum absolute atomic E-state index is 0.449. The van der Waals surface area contributed by atoms with E-state index in [2.05, 4.69) is 9.97 Å². The molecule has 0 fully saturated rings. The normalized spacial score (nSPS) is 10.7. The van der Waals surface area contributed by atoms with Gasteiger partial charge in [-0.1, -0.05) is 23.8 Å². The predicted octanol–water partition coefficient (Wildman–Crippen LogP) is 1.10. The maximum atomic E-state index is 5.72. The fourth-order valence-electron chi connectivity index (χ4n) is 0.632. The highest BCUT2D eigenvalue weighted by atomic mass is 35.5. The summed E-state index contributed by atoms with van der Waals surface area (Å²) >= 11 is 5.72. The van der Waals surface area contributed by atoms with Gasteiger partial charge in [-0.3, -0.25) is 0 Å². The van der Waals surface area contributed by atoms with Crippen LogP contribution in [0.3, 0.4) is 0 Å². The van der Waals surface area contributed by atoms with E-state index >= 15 is 0 Å². The molecule has 1 aromatic heterocycles. The number of hydrogen-bond donors (Lipinski definition) is 1. The van der Waals surface area contributed by atoms with E-state index in [1.54, 1.807) is 18.3 Å². The maximum Gasteiger partial charge on any atom is 0.139 e. The third kappa shape index (κ3) is 2.29. The highest BCUT2D eigenvalue weighted by molar-refractivity contribution is 6.30. The molecule has 0 saturated carbocycles. The summed E-state index contributed by atoms with van der Waals surface area (Å²) in [5.41, 5.74) is 6.05. The summed E-state index contributed by atoms with van der Waals surface area (Å²) in [7, 11) is 0. The Balaban J connectivity index is 2.86. The van der Waals surface area contributed by atoms with Crippen LogP contribution in [0.5, 0.6) is 0 Å². The highest BCUT2D eigenvalue weighted by Crippen LogP contribution is 2.10. The minimum atomic E-state index is 0.449. The van der Waals surface area contributed by atoms with Crippen molar-refractivity contribution in [1.82, 2.24) is 9.97 Å². The number of aromatic nitrogens is 2. The Kier molecular flexibility index (Phi) is 3.01. The second-order valence-corrected chi connectivity index (χ2v) is 2.26. The second-order valence-electron chi connectivity index (χ2n) is 1.91. The van der Waals surface area contributed by atoms with E-state index in [0.29, 0.717) is 11.7 Å². The van der Waals surface area contributed by atoms with Gasteiger partial charge in [0.25, 0.3) is 0 Å². The Morgan fingerprint density at radius 3 is 3.09 bits per heavy atom. The molecule has 3 nitrogen and oxygen atoms in total. The molecule has 0 amide bonds. The molecule has 0 spiro atoms. The molecule has 1 rings (SSSR count). The molecule has 1 aromatic rings. The molecule has 0 bridgehead atoms. The lowest BCUT2D eigenvalue weighted by atomic mass is 10.3. The number of nitrogens with two attached hydrogens (primary N) is 1. The molecule has 58 valence electrons. The molecule has 0 aromatic carbocycles. The molecular formula is C7H8ClN3. The summed E-state index contributed by atoms with van der Waals surface area (Å²) in [6.45, 7) is 0.491. The standard InChI is InChI=1S/C7H8ClN3/c8-7-6(2-1-3-9)4-10-5-11-7/h1-2,4-5H,3,9H2. The van der Waals surface area contributed by atoms with Crippen LogP contribution in [0.1, 0.15) is 5.56 Å². The van der Waals surface area contributed by atoms with Gasteiger partial charge in [0.2, 0.25) is 0 Å². The lowest BCUT2D eigenvalue weighted by molar-refractivity contribution is 1.16. The monoisotopic (exact) mass is 169 g/mol. The van der Waals surface area contributed by atoms with Crippen molar-refractivity contribution < 1.29 is 0 Å². The van der Waals surface area contributed by atoms with Crippen LogP contribution in [0.4, 0.5) is 0 Å². The van der Waals surface area contributed by atoms with Crippen LogP contribution < -0.4 is 5.73 Å². The van der Waals surface area contributed by atoms with Crippen LogP contribution >= 0.6 is 11.6 Å². The molecule has 0 unspecified atom stereocenters. The molecule has 11 heavy (non-hydrogen) atoms. The van der Waals surface area contributed by atoms with Gasteiger partial charge < -0.3 is 5.73 Å². The van der Waals surface area contributed by atoms with Crippen LogP contribution in [-0.2, 0) is 0 Å². The zero-order chi connectivity index (χ0) is 8.10. The Hall–Kier alpha value is -0.930. The fourth-order valence-corrected chi connectivity index (χ4v) is 0.788. The Labute approximate surface area is 69.9 Å². The Morgan fingerprint density at radius 1 is 1.64 bits per heavy atom. The van der Waals surface area contributed by atoms with Gasteiger partial charge in [-0.05, 0) is 0 Å². The van der Waals surface area contributed by atoms with Gasteiger partial charge in [0.05, 0.1) is 0 Å². The summed E-state index contributed by atoms with van der Waals surface area (Å²) in [4.78, 5) is 7.61. The zero-order valence-electron chi connectivity index (χ0n) is 5.87. The Morgan fingerprint density at radius 2 is 2.45 bits per heavy atom. The SMILES string of the molecule is NCC=Cc1cncnc1Cl. The van der Waals surface area contributed by atoms with E-state index in [4.69, 9.17) is 17.3 Å². The summed E-state index contributed by atoms with van der Waals surface area (Å²) in [6.07, 6.45) is 6.64. The first kappa shape index (κ1) is 8.17. The molecule has 0 radical (unpaired) electrons. The zero-order valence-corrected chi connectivity index (χ0v) is 6.62. The van der Waals surface area contributed by atoms with Crippen LogP contribution in [0.15, 0.2) is 18.6 Å². The predicted molar refractivity (Wildman–Crippen MR) is 45.1 cm³/mol. The molecule has 1 heterocycles. The molecule has 2 N–H and O–H groups in total. The number of nitrogens with zero attached hydrogens (tertiary/aromatic N) is 2. The van der Waals surface area contributed by atoms with E-state index in [1.807, 2.05) is 0 Å². The average Bonchev–Trinajstić information content (AvgIpc) is 2.03. The van der Waals surface area contributed by atoms with Crippen molar-refractivity contribution in [2.24, 2.45) is 5.73 Å². The topological polar surface area (TPSA) is 51.8 Å². The van der Waals surface area contributed by atoms with Crippen LogP contribution in [-0.4, -0.2) is 16.5 Å². The minimum Gasteiger partial charge on any atom is -0.327 e. The van der Waals surface area contributed by atoms with E-state index in [1.165, 1.54) is 6.33 Å². The number of rotatable bonds is 2. The molecule has 0 aliphatic carbocycles. The third-order valence-corrected chi connectivity index (χ3v) is 1.44. The van der Waals surface area contributed by atoms with Crippen LogP contribution in [0, 0.1) is 0 Å². The van der Waals surface area contributed by atoms with Crippen molar-refractivity contribution in [3.8, 4) is 0 Å². The van der Waals surface area contributed by atoms with Crippen molar-refractivity contribution in [2.75, 3.05) is 6.54 Å². The smallest absolute Gasteiger partial charge is 0.139 e. The van der Waals surface area contributed by atoms with Crippen molar-refractivity contribution in [2.45, 2.75) is 0 Å². The van der Waals surface area contributed by atoms with Crippen molar-refractivity contribution in [1.29, 1.82) is 0 Å². The van der Waals surface area contributed by atoms with Crippen molar-refractivity contribution in [3.63, 3.8) is 0 Å². The highest BCUT2D eigenvalue weighted by Gasteiger charge is 1.93. The molecule has 0 aliphatic rings. The van der Waals surface area contributed by atoms with Gasteiger partial charge in [-0.2, -0.15) is 0 Å². The van der Waals surface area contributed by atoms with Crippen molar-refractivity contribution >= 4 is 17.7 Å². The van der Waals surface area contributed by atoms with Gasteiger partial charge in [0, 0.05) is 18.3 Å². The van der Waals surface area contributed by atoms with Gasteiger partial charge in [-0.15, -0.1) is 0 Å². The first-order valence-corrected chi connectivity index (χ1v) is 3.54. The summed E-state index contributed by atoms with van der Waals surface area (Å²) in [6, 6.07) is 0. The van der Waals surface area contributed by atoms with E-state index < -0.39 is 0 Å². The first-order valence-electron chi connectivity index (χ1n) is 3.16. The lowest BCUT2D eigenvalue weighted by Crippen LogP contribution is -1.92. The molecule has 0 aliphatic heterocycles. The summed E-state index contributed by atoms with van der Waals surface area (Å²) < 4.78 is 0. The molecule has 0 saturated heterocycles. The summed E-state index contributed by atoms with van der Waals surface area (Å²) in [5.74, 6) is 0. The largest absolute Gasteiger partial charge is 0.327 e. The van der Waals surface area contributed by atoms with Gasteiger partial charge in [0.1, 0.15) is 11.5 Å². The van der Waals surface area contributed by atoms with E-state index in [0.717, 1.165) is 5.56 Å². The van der Waals surface area contributed by atoms with Gasteiger partial charge >= 0.3 is 0 Å². The first-order chi connectivity index (χ1) is 5.34. The molecule has 4 heteroatoms. The molecular weight excluding hydrogens is 162 g/mol.